The van der Waals surface area contributed by atoms with Gasteiger partial charge in [-0.25, -0.2) is 0 Å². The first-order valence-electron chi connectivity index (χ1n) is 7.38. The van der Waals surface area contributed by atoms with Gasteiger partial charge in [0.05, 0.1) is 0 Å². The van der Waals surface area contributed by atoms with E-state index in [0.717, 1.165) is 23.7 Å². The van der Waals surface area contributed by atoms with Crippen molar-refractivity contribution in [3.8, 4) is 11.4 Å². The van der Waals surface area contributed by atoms with E-state index in [1.54, 1.807) is 0 Å². The molecule has 3 nitrogen and oxygen atoms in total. The van der Waals surface area contributed by atoms with E-state index in [0.29, 0.717) is 17.2 Å². The van der Waals surface area contributed by atoms with E-state index in [2.05, 4.69) is 40.7 Å². The number of benzene rings is 1. The van der Waals surface area contributed by atoms with E-state index in [-0.39, 0.29) is 0 Å². The Hall–Kier alpha value is -1.35. The van der Waals surface area contributed by atoms with Gasteiger partial charge in [0.2, 0.25) is 5.28 Å². The van der Waals surface area contributed by atoms with E-state index >= 15 is 0 Å². The average molecular weight is 290 g/mol. The standard InChI is InChI=1S/C16H20ClN3/c1-3-12-9-10-14(11(12)2)20-15(18-19-16(20)17)13-7-5-4-6-8-13/h4-8,11-12,14H,3,9-10H2,1-2H3. The summed E-state index contributed by atoms with van der Waals surface area (Å²) in [6, 6.07) is 10.6. The topological polar surface area (TPSA) is 30.7 Å². The van der Waals surface area contributed by atoms with Gasteiger partial charge in [-0.1, -0.05) is 50.6 Å². The maximum Gasteiger partial charge on any atom is 0.225 e. The number of aromatic nitrogens is 3. The van der Waals surface area contributed by atoms with E-state index < -0.39 is 0 Å². The Balaban J connectivity index is 2.00. The molecular formula is C16H20ClN3. The highest BCUT2D eigenvalue weighted by molar-refractivity contribution is 6.28. The summed E-state index contributed by atoms with van der Waals surface area (Å²) in [4.78, 5) is 0. The first-order chi connectivity index (χ1) is 9.72. The highest BCUT2D eigenvalue weighted by Crippen LogP contribution is 2.44. The smallest absolute Gasteiger partial charge is 0.225 e. The third kappa shape index (κ3) is 2.24. The Morgan fingerprint density at radius 2 is 1.95 bits per heavy atom. The zero-order valence-corrected chi connectivity index (χ0v) is 12.7. The summed E-state index contributed by atoms with van der Waals surface area (Å²) in [6.45, 7) is 4.60. The monoisotopic (exact) mass is 289 g/mol. The van der Waals surface area contributed by atoms with Crippen LogP contribution < -0.4 is 0 Å². The molecule has 106 valence electrons. The SMILES string of the molecule is CCC1CCC(n2c(Cl)nnc2-c2ccccc2)C1C. The molecule has 1 fully saturated rings. The molecule has 1 saturated carbocycles. The number of rotatable bonds is 3. The molecule has 20 heavy (non-hydrogen) atoms. The van der Waals surface area contributed by atoms with Crippen LogP contribution >= 0.6 is 11.6 Å². The Morgan fingerprint density at radius 3 is 2.60 bits per heavy atom. The minimum absolute atomic E-state index is 0.414. The van der Waals surface area contributed by atoms with Crippen LogP contribution in [0.3, 0.4) is 0 Å². The molecule has 1 heterocycles. The van der Waals surface area contributed by atoms with Crippen molar-refractivity contribution in [1.29, 1.82) is 0 Å². The van der Waals surface area contributed by atoms with Crippen LogP contribution in [0.25, 0.3) is 11.4 Å². The largest absolute Gasteiger partial charge is 0.294 e. The predicted octanol–water partition coefficient (Wildman–Crippen LogP) is 4.60. The van der Waals surface area contributed by atoms with E-state index in [1.165, 1.54) is 12.8 Å². The van der Waals surface area contributed by atoms with Crippen molar-refractivity contribution in [3.63, 3.8) is 0 Å². The molecule has 0 aliphatic heterocycles. The molecule has 3 rings (SSSR count). The number of halogens is 1. The van der Waals surface area contributed by atoms with Gasteiger partial charge in [0.15, 0.2) is 5.82 Å². The fourth-order valence-corrected chi connectivity index (χ4v) is 3.76. The van der Waals surface area contributed by atoms with Gasteiger partial charge in [-0.05, 0) is 36.3 Å². The molecule has 0 saturated heterocycles. The first kappa shape index (κ1) is 13.6. The quantitative estimate of drug-likeness (QED) is 0.827. The second kappa shape index (κ2) is 5.57. The van der Waals surface area contributed by atoms with Gasteiger partial charge in [0.25, 0.3) is 0 Å². The summed E-state index contributed by atoms with van der Waals surface area (Å²) in [6.07, 6.45) is 3.67. The van der Waals surface area contributed by atoms with Crippen LogP contribution in [0, 0.1) is 11.8 Å². The first-order valence-corrected chi connectivity index (χ1v) is 7.76. The zero-order chi connectivity index (χ0) is 14.1. The van der Waals surface area contributed by atoms with E-state index in [4.69, 9.17) is 11.6 Å². The minimum Gasteiger partial charge on any atom is -0.294 e. The molecule has 0 N–H and O–H groups in total. The highest BCUT2D eigenvalue weighted by atomic mass is 35.5. The van der Waals surface area contributed by atoms with Crippen LogP contribution in [-0.2, 0) is 0 Å². The molecular weight excluding hydrogens is 270 g/mol. The molecule has 0 bridgehead atoms. The van der Waals surface area contributed by atoms with Gasteiger partial charge in [-0.2, -0.15) is 0 Å². The molecule has 0 amide bonds. The van der Waals surface area contributed by atoms with Crippen molar-refractivity contribution in [2.75, 3.05) is 0 Å². The van der Waals surface area contributed by atoms with Crippen LogP contribution in [0.5, 0.6) is 0 Å². The predicted molar refractivity (Wildman–Crippen MR) is 81.7 cm³/mol. The Bertz CT molecular complexity index is 579. The van der Waals surface area contributed by atoms with Crippen molar-refractivity contribution in [2.24, 2.45) is 11.8 Å². The van der Waals surface area contributed by atoms with Crippen LogP contribution in [0.4, 0.5) is 0 Å². The summed E-state index contributed by atoms with van der Waals surface area (Å²) in [5.74, 6) is 2.29. The molecule has 1 aliphatic carbocycles. The van der Waals surface area contributed by atoms with Crippen molar-refractivity contribution >= 4 is 11.6 Å². The maximum atomic E-state index is 6.32. The lowest BCUT2D eigenvalue weighted by Gasteiger charge is -2.22. The maximum absolute atomic E-state index is 6.32. The van der Waals surface area contributed by atoms with E-state index in [1.807, 2.05) is 18.2 Å². The van der Waals surface area contributed by atoms with E-state index in [9.17, 15) is 0 Å². The van der Waals surface area contributed by atoms with Gasteiger partial charge in [-0.15, -0.1) is 10.2 Å². The second-order valence-corrected chi connectivity index (χ2v) is 6.04. The van der Waals surface area contributed by atoms with Crippen LogP contribution in [0.2, 0.25) is 5.28 Å². The Morgan fingerprint density at radius 1 is 1.20 bits per heavy atom. The molecule has 3 unspecified atom stereocenters. The number of hydrogen-bond donors (Lipinski definition) is 0. The van der Waals surface area contributed by atoms with Crippen LogP contribution in [0.15, 0.2) is 30.3 Å². The van der Waals surface area contributed by atoms with Gasteiger partial charge in [-0.3, -0.25) is 4.57 Å². The second-order valence-electron chi connectivity index (χ2n) is 5.70. The minimum atomic E-state index is 0.414. The van der Waals surface area contributed by atoms with Crippen molar-refractivity contribution in [1.82, 2.24) is 14.8 Å². The van der Waals surface area contributed by atoms with Crippen LogP contribution in [-0.4, -0.2) is 14.8 Å². The summed E-state index contributed by atoms with van der Waals surface area (Å²) < 4.78 is 2.14. The molecule has 1 aromatic carbocycles. The normalized spacial score (nSPS) is 26.1. The lowest BCUT2D eigenvalue weighted by molar-refractivity contribution is 0.331. The van der Waals surface area contributed by atoms with Crippen molar-refractivity contribution < 1.29 is 0 Å². The summed E-state index contributed by atoms with van der Waals surface area (Å²) in [5, 5.41) is 8.91. The molecule has 0 radical (unpaired) electrons. The summed E-state index contributed by atoms with van der Waals surface area (Å²) in [7, 11) is 0. The molecule has 1 aromatic heterocycles. The molecule has 1 aliphatic rings. The van der Waals surface area contributed by atoms with Gasteiger partial charge in [0, 0.05) is 11.6 Å². The van der Waals surface area contributed by atoms with Gasteiger partial charge < -0.3 is 0 Å². The van der Waals surface area contributed by atoms with Crippen molar-refractivity contribution in [2.45, 2.75) is 39.2 Å². The van der Waals surface area contributed by atoms with Gasteiger partial charge >= 0.3 is 0 Å². The number of nitrogens with zero attached hydrogens (tertiary/aromatic N) is 3. The highest BCUT2D eigenvalue weighted by Gasteiger charge is 2.35. The average Bonchev–Trinajstić information content (AvgIpc) is 3.02. The molecule has 2 aromatic rings. The lowest BCUT2D eigenvalue weighted by atomic mass is 9.93. The lowest BCUT2D eigenvalue weighted by Crippen LogP contribution is -2.16. The third-order valence-electron chi connectivity index (χ3n) is 4.73. The Labute approximate surface area is 125 Å². The van der Waals surface area contributed by atoms with Crippen LogP contribution in [0.1, 0.15) is 39.2 Å². The van der Waals surface area contributed by atoms with Crippen molar-refractivity contribution in [3.05, 3.63) is 35.6 Å². The molecule has 4 heteroatoms. The number of hydrogen-bond acceptors (Lipinski definition) is 2. The third-order valence-corrected chi connectivity index (χ3v) is 4.98. The summed E-state index contributed by atoms with van der Waals surface area (Å²) in [5.41, 5.74) is 1.08. The summed E-state index contributed by atoms with van der Waals surface area (Å²) >= 11 is 6.32. The molecule has 0 spiro atoms. The zero-order valence-electron chi connectivity index (χ0n) is 12.0. The molecule has 3 atom stereocenters. The van der Waals surface area contributed by atoms with Gasteiger partial charge in [0.1, 0.15) is 0 Å². The fourth-order valence-electron chi connectivity index (χ4n) is 3.52. The fraction of sp³-hybridized carbons (Fsp3) is 0.500. The Kier molecular flexibility index (Phi) is 3.79.